The SMILES string of the molecule is O=CC[C@H](O)[C@H](O)COP(=O)([O-])O.[Na+]. The Balaban J connectivity index is 0. The number of rotatable bonds is 6. The van der Waals surface area contributed by atoms with Crippen molar-refractivity contribution in [3.8, 4) is 0 Å². The molecule has 0 aromatic carbocycles. The Bertz CT molecular complexity index is 204. The molecule has 0 aromatic heterocycles. The van der Waals surface area contributed by atoms with E-state index in [9.17, 15) is 14.3 Å². The van der Waals surface area contributed by atoms with Crippen LogP contribution in [-0.2, 0) is 13.9 Å². The minimum absolute atomic E-state index is 0. The van der Waals surface area contributed by atoms with E-state index in [1.165, 1.54) is 0 Å². The van der Waals surface area contributed by atoms with E-state index in [2.05, 4.69) is 4.52 Å². The molecule has 0 spiro atoms. The van der Waals surface area contributed by atoms with Crippen LogP contribution >= 0.6 is 7.82 Å². The van der Waals surface area contributed by atoms with Gasteiger partial charge in [0.2, 0.25) is 0 Å². The van der Waals surface area contributed by atoms with Gasteiger partial charge in [-0.15, -0.1) is 0 Å². The molecule has 3 atom stereocenters. The second kappa shape index (κ2) is 7.92. The number of aliphatic hydroxyl groups is 2. The standard InChI is InChI=1S/C5H11O7P.Na/c6-2-1-4(7)5(8)3-12-13(9,10)11;/h2,4-5,7-8H,1,3H2,(H2,9,10,11);/q;+1/p-1/t4-,5+;/m0./s1. The molecule has 0 saturated heterocycles. The molecule has 1 unspecified atom stereocenters. The molecule has 0 fully saturated rings. The molecule has 0 aliphatic rings. The van der Waals surface area contributed by atoms with Gasteiger partial charge in [-0.05, 0) is 0 Å². The first-order valence-corrected chi connectivity index (χ1v) is 4.84. The van der Waals surface area contributed by atoms with Crippen molar-refractivity contribution in [2.24, 2.45) is 0 Å². The Labute approximate surface area is 103 Å². The third-order valence-corrected chi connectivity index (χ3v) is 1.67. The molecule has 0 radical (unpaired) electrons. The van der Waals surface area contributed by atoms with Crippen LogP contribution < -0.4 is 34.5 Å². The largest absolute Gasteiger partial charge is 1.00 e. The zero-order valence-electron chi connectivity index (χ0n) is 7.57. The average Bonchev–Trinajstić information content (AvgIpc) is 1.99. The van der Waals surface area contributed by atoms with Crippen LogP contribution in [0.4, 0.5) is 0 Å². The van der Waals surface area contributed by atoms with Crippen molar-refractivity contribution in [3.05, 3.63) is 0 Å². The zero-order chi connectivity index (χ0) is 10.5. The van der Waals surface area contributed by atoms with Gasteiger partial charge in [0.05, 0.1) is 12.7 Å². The first-order chi connectivity index (χ1) is 5.87. The third-order valence-electron chi connectivity index (χ3n) is 1.19. The first kappa shape index (κ1) is 17.1. The zero-order valence-corrected chi connectivity index (χ0v) is 10.5. The fraction of sp³-hybridized carbons (Fsp3) is 0.800. The van der Waals surface area contributed by atoms with Crippen LogP contribution in [0, 0.1) is 0 Å². The van der Waals surface area contributed by atoms with Crippen molar-refractivity contribution in [3.63, 3.8) is 0 Å². The maximum absolute atomic E-state index is 10.0. The van der Waals surface area contributed by atoms with E-state index in [0.29, 0.717) is 6.29 Å². The van der Waals surface area contributed by atoms with Gasteiger partial charge in [0, 0.05) is 6.42 Å². The van der Waals surface area contributed by atoms with Gasteiger partial charge in [-0.25, -0.2) is 0 Å². The Hall–Kier alpha value is 0.700. The quantitative estimate of drug-likeness (QED) is 0.239. The van der Waals surface area contributed by atoms with E-state index in [1.54, 1.807) is 0 Å². The molecule has 14 heavy (non-hydrogen) atoms. The molecular weight excluding hydrogens is 226 g/mol. The second-order valence-electron chi connectivity index (χ2n) is 2.30. The van der Waals surface area contributed by atoms with Gasteiger partial charge in [-0.2, -0.15) is 0 Å². The van der Waals surface area contributed by atoms with E-state index in [-0.39, 0.29) is 36.0 Å². The predicted molar refractivity (Wildman–Crippen MR) is 38.5 cm³/mol. The number of hydrogen-bond donors (Lipinski definition) is 3. The summed E-state index contributed by atoms with van der Waals surface area (Å²) in [5, 5.41) is 17.8. The monoisotopic (exact) mass is 236 g/mol. The number of aldehydes is 1. The van der Waals surface area contributed by atoms with Crippen molar-refractivity contribution in [1.29, 1.82) is 0 Å². The number of aliphatic hydroxyl groups excluding tert-OH is 2. The van der Waals surface area contributed by atoms with Gasteiger partial charge in [-0.1, -0.05) is 0 Å². The Morgan fingerprint density at radius 2 is 1.93 bits per heavy atom. The Kier molecular flexibility index (Phi) is 9.68. The molecule has 0 saturated carbocycles. The summed E-state index contributed by atoms with van der Waals surface area (Å²) >= 11 is 0. The van der Waals surface area contributed by atoms with Crippen molar-refractivity contribution in [2.45, 2.75) is 18.6 Å². The number of hydrogen-bond acceptors (Lipinski definition) is 6. The van der Waals surface area contributed by atoms with Crippen LogP contribution in [0.5, 0.6) is 0 Å². The topological polar surface area (TPSA) is 127 Å². The number of phosphoric ester groups is 1. The van der Waals surface area contributed by atoms with E-state index < -0.39 is 26.6 Å². The summed E-state index contributed by atoms with van der Waals surface area (Å²) in [4.78, 5) is 28.0. The van der Waals surface area contributed by atoms with Crippen molar-refractivity contribution < 1.29 is 63.4 Å². The normalized spacial score (nSPS) is 18.9. The Morgan fingerprint density at radius 3 is 2.29 bits per heavy atom. The second-order valence-corrected chi connectivity index (χ2v) is 3.50. The van der Waals surface area contributed by atoms with Gasteiger partial charge in [0.15, 0.2) is 0 Å². The van der Waals surface area contributed by atoms with Gasteiger partial charge >= 0.3 is 29.6 Å². The smallest absolute Gasteiger partial charge is 0.756 e. The minimum Gasteiger partial charge on any atom is -0.756 e. The van der Waals surface area contributed by atoms with E-state index in [0.717, 1.165) is 0 Å². The number of carbonyl (C=O) groups excluding carboxylic acids is 1. The molecule has 7 nitrogen and oxygen atoms in total. The van der Waals surface area contributed by atoms with Gasteiger partial charge < -0.3 is 29.3 Å². The first-order valence-electron chi connectivity index (χ1n) is 3.35. The van der Waals surface area contributed by atoms with Crippen molar-refractivity contribution in [2.75, 3.05) is 6.61 Å². The summed E-state index contributed by atoms with van der Waals surface area (Å²) in [6, 6.07) is 0. The van der Waals surface area contributed by atoms with Crippen LogP contribution in [0.25, 0.3) is 0 Å². The molecule has 0 bridgehead atoms. The summed E-state index contributed by atoms with van der Waals surface area (Å²) in [5.41, 5.74) is 0. The summed E-state index contributed by atoms with van der Waals surface area (Å²) < 4.78 is 13.8. The minimum atomic E-state index is -4.89. The fourth-order valence-corrected chi connectivity index (χ4v) is 0.878. The average molecular weight is 236 g/mol. The third kappa shape index (κ3) is 9.26. The maximum Gasteiger partial charge on any atom is 1.00 e. The van der Waals surface area contributed by atoms with Crippen LogP contribution in [0.2, 0.25) is 0 Å². The summed E-state index contributed by atoms with van der Waals surface area (Å²) in [6.45, 7) is -0.785. The summed E-state index contributed by atoms with van der Waals surface area (Å²) in [7, 11) is -4.89. The van der Waals surface area contributed by atoms with Crippen LogP contribution in [-0.4, -0.2) is 40.2 Å². The molecule has 3 N–H and O–H groups in total. The van der Waals surface area contributed by atoms with Crippen molar-refractivity contribution in [1.82, 2.24) is 0 Å². The molecule has 0 amide bonds. The molecule has 78 valence electrons. The predicted octanol–water partition coefficient (Wildman–Crippen LogP) is -5.22. The van der Waals surface area contributed by atoms with Gasteiger partial charge in [-0.3, -0.25) is 4.57 Å². The van der Waals surface area contributed by atoms with Crippen LogP contribution in [0.15, 0.2) is 0 Å². The molecule has 9 heteroatoms. The van der Waals surface area contributed by atoms with Crippen LogP contribution in [0.3, 0.4) is 0 Å². The van der Waals surface area contributed by atoms with E-state index in [1.807, 2.05) is 0 Å². The molecule has 0 rings (SSSR count). The van der Waals surface area contributed by atoms with E-state index in [4.69, 9.17) is 15.1 Å². The maximum atomic E-state index is 10.0. The molecule has 0 aliphatic heterocycles. The number of phosphoric acid groups is 1. The summed E-state index contributed by atoms with van der Waals surface area (Å²) in [6.07, 6.45) is -2.90. The van der Waals surface area contributed by atoms with Gasteiger partial charge in [0.25, 0.3) is 7.82 Å². The molecule has 0 aromatic rings. The molecule has 0 heterocycles. The number of carbonyl (C=O) groups is 1. The molecular formula is C5H10NaO7P. The summed E-state index contributed by atoms with van der Waals surface area (Å²) in [5.74, 6) is 0. The van der Waals surface area contributed by atoms with Gasteiger partial charge in [0.1, 0.15) is 12.4 Å². The molecule has 0 aliphatic carbocycles. The van der Waals surface area contributed by atoms with E-state index >= 15 is 0 Å². The fourth-order valence-electron chi connectivity index (χ4n) is 0.537. The van der Waals surface area contributed by atoms with Crippen LogP contribution in [0.1, 0.15) is 6.42 Å². The Morgan fingerprint density at radius 1 is 1.43 bits per heavy atom. The van der Waals surface area contributed by atoms with Crippen molar-refractivity contribution >= 4 is 14.1 Å².